The molecule has 1 aliphatic heterocycles. The topological polar surface area (TPSA) is 87.0 Å². The lowest BCUT2D eigenvalue weighted by Gasteiger charge is -2.23. The zero-order valence-electron chi connectivity index (χ0n) is 18.3. The minimum atomic E-state index is -0.955. The van der Waals surface area contributed by atoms with E-state index in [1.807, 2.05) is 36.4 Å². The Bertz CT molecular complexity index is 1040. The van der Waals surface area contributed by atoms with E-state index < -0.39 is 18.2 Å². The molecule has 2 aromatic carbocycles. The number of fused-ring (bicyclic) bond motifs is 2. The van der Waals surface area contributed by atoms with Crippen LogP contribution in [0.2, 0.25) is 0 Å². The maximum absolute atomic E-state index is 11.5. The van der Waals surface area contributed by atoms with Gasteiger partial charge in [0, 0.05) is 29.2 Å². The van der Waals surface area contributed by atoms with Crippen LogP contribution in [0.4, 0.5) is 0 Å². The normalized spacial score (nSPS) is 29.0. The molecule has 2 aliphatic carbocycles. The van der Waals surface area contributed by atoms with Gasteiger partial charge in [-0.1, -0.05) is 48.6 Å². The Hall–Kier alpha value is -2.63. The molecule has 3 N–H and O–H groups in total. The largest absolute Gasteiger partial charge is 0.489 e. The number of hydrogen-bond acceptors (Lipinski definition) is 4. The molecule has 168 valence electrons. The summed E-state index contributed by atoms with van der Waals surface area (Å²) in [7, 11) is 0. The van der Waals surface area contributed by atoms with Crippen molar-refractivity contribution in [1.82, 2.24) is 0 Å². The summed E-state index contributed by atoms with van der Waals surface area (Å²) in [5.74, 6) is -0.256. The Labute approximate surface area is 188 Å². The van der Waals surface area contributed by atoms with Gasteiger partial charge in [-0.2, -0.15) is 0 Å². The number of aliphatic hydroxyl groups excluding tert-OH is 2. The molecule has 5 atom stereocenters. The SMILES string of the molecule is Cc1c(C(=O)O)ccc2c1O[C@H]1C[C@@H](O)[C@H](/C=C/C(O)C3(c4ccccc4)CC3)[C@H]1CC2. The molecule has 1 unspecified atom stereocenters. The molecule has 0 amide bonds. The fraction of sp³-hybridized carbons (Fsp3) is 0.444. The van der Waals surface area contributed by atoms with Crippen LogP contribution in [0.3, 0.4) is 0 Å². The molecule has 3 aliphatic rings. The first-order valence-electron chi connectivity index (χ1n) is 11.5. The first-order valence-corrected chi connectivity index (χ1v) is 11.5. The number of aryl methyl sites for hydroxylation is 1. The van der Waals surface area contributed by atoms with Crippen LogP contribution in [0.25, 0.3) is 0 Å². The number of benzene rings is 2. The Morgan fingerprint density at radius 1 is 1.19 bits per heavy atom. The molecule has 5 heteroatoms. The van der Waals surface area contributed by atoms with Crippen molar-refractivity contribution in [1.29, 1.82) is 0 Å². The van der Waals surface area contributed by atoms with E-state index in [2.05, 4.69) is 12.1 Å². The van der Waals surface area contributed by atoms with Gasteiger partial charge >= 0.3 is 5.97 Å². The van der Waals surface area contributed by atoms with Gasteiger partial charge in [0.15, 0.2) is 0 Å². The van der Waals surface area contributed by atoms with E-state index in [0.29, 0.717) is 17.7 Å². The predicted octanol–water partition coefficient (Wildman–Crippen LogP) is 4.03. The predicted molar refractivity (Wildman–Crippen MR) is 121 cm³/mol. The van der Waals surface area contributed by atoms with Crippen molar-refractivity contribution < 1.29 is 24.9 Å². The van der Waals surface area contributed by atoms with Gasteiger partial charge in [0.2, 0.25) is 0 Å². The molecule has 2 saturated carbocycles. The Kier molecular flexibility index (Phi) is 5.34. The van der Waals surface area contributed by atoms with Crippen molar-refractivity contribution in [2.24, 2.45) is 11.8 Å². The summed E-state index contributed by atoms with van der Waals surface area (Å²) in [6, 6.07) is 13.7. The fourth-order valence-corrected chi connectivity index (χ4v) is 5.78. The highest BCUT2D eigenvalue weighted by Crippen LogP contribution is 2.52. The summed E-state index contributed by atoms with van der Waals surface area (Å²) < 4.78 is 6.34. The standard InChI is InChI=1S/C27H30O5/c1-16-19(26(30)31)9-7-17-8-10-21-20(22(28)15-23(21)32-25(16)17)11-12-24(29)27(13-14-27)18-5-3-2-4-6-18/h2-7,9,11-12,20-24,28-29H,8,10,13-15H2,1H3,(H,30,31)/b12-11+/t20-,21-,22-,23+,24?/m1/s1. The van der Waals surface area contributed by atoms with Crippen LogP contribution < -0.4 is 4.74 Å². The summed E-state index contributed by atoms with van der Waals surface area (Å²) in [5, 5.41) is 31.3. The van der Waals surface area contributed by atoms with Crippen LogP contribution in [0.1, 0.15) is 52.7 Å². The summed E-state index contributed by atoms with van der Waals surface area (Å²) >= 11 is 0. The molecule has 5 nitrogen and oxygen atoms in total. The average Bonchev–Trinajstić information content (AvgIpc) is 3.56. The molecular weight excluding hydrogens is 404 g/mol. The number of carboxylic acids is 1. The van der Waals surface area contributed by atoms with Crippen molar-refractivity contribution in [2.45, 2.75) is 62.8 Å². The Morgan fingerprint density at radius 2 is 1.94 bits per heavy atom. The lowest BCUT2D eigenvalue weighted by atomic mass is 9.85. The van der Waals surface area contributed by atoms with Gasteiger partial charge in [0.25, 0.3) is 0 Å². The van der Waals surface area contributed by atoms with Crippen molar-refractivity contribution in [2.75, 3.05) is 0 Å². The van der Waals surface area contributed by atoms with Crippen molar-refractivity contribution in [3.8, 4) is 5.75 Å². The third kappa shape index (κ3) is 3.54. The van der Waals surface area contributed by atoms with Crippen molar-refractivity contribution in [3.05, 3.63) is 76.9 Å². The highest BCUT2D eigenvalue weighted by molar-refractivity contribution is 5.90. The second-order valence-electron chi connectivity index (χ2n) is 9.62. The van der Waals surface area contributed by atoms with Crippen LogP contribution >= 0.6 is 0 Å². The van der Waals surface area contributed by atoms with Crippen LogP contribution in [0, 0.1) is 18.8 Å². The van der Waals surface area contributed by atoms with E-state index in [4.69, 9.17) is 4.74 Å². The molecule has 32 heavy (non-hydrogen) atoms. The highest BCUT2D eigenvalue weighted by Gasteiger charge is 2.50. The van der Waals surface area contributed by atoms with Crippen LogP contribution in [-0.2, 0) is 11.8 Å². The highest BCUT2D eigenvalue weighted by atomic mass is 16.5. The number of aromatic carboxylic acids is 1. The molecule has 2 fully saturated rings. The van der Waals surface area contributed by atoms with E-state index in [0.717, 1.165) is 31.2 Å². The minimum Gasteiger partial charge on any atom is -0.489 e. The van der Waals surface area contributed by atoms with Crippen LogP contribution in [0.5, 0.6) is 5.75 Å². The summed E-state index contributed by atoms with van der Waals surface area (Å²) in [4.78, 5) is 11.5. The Balaban J connectivity index is 1.35. The van der Waals surface area contributed by atoms with E-state index in [1.54, 1.807) is 13.0 Å². The molecule has 1 heterocycles. The van der Waals surface area contributed by atoms with Crippen molar-refractivity contribution >= 4 is 5.97 Å². The van der Waals surface area contributed by atoms with Gasteiger partial charge in [0.05, 0.1) is 17.8 Å². The molecule has 0 radical (unpaired) electrons. The Morgan fingerprint density at radius 3 is 2.62 bits per heavy atom. The van der Waals surface area contributed by atoms with E-state index >= 15 is 0 Å². The lowest BCUT2D eigenvalue weighted by molar-refractivity contribution is 0.0694. The van der Waals surface area contributed by atoms with Gasteiger partial charge in [0.1, 0.15) is 11.9 Å². The summed E-state index contributed by atoms with van der Waals surface area (Å²) in [6.45, 7) is 1.79. The fourth-order valence-electron chi connectivity index (χ4n) is 5.78. The molecule has 2 aromatic rings. The minimum absolute atomic E-state index is 0.0882. The number of carbonyl (C=O) groups is 1. The second kappa shape index (κ2) is 8.05. The number of ether oxygens (including phenoxy) is 1. The maximum atomic E-state index is 11.5. The third-order valence-electron chi connectivity index (χ3n) is 7.84. The summed E-state index contributed by atoms with van der Waals surface area (Å²) in [5.41, 5.74) is 2.90. The van der Waals surface area contributed by atoms with E-state index in [-0.39, 0.29) is 28.9 Å². The van der Waals surface area contributed by atoms with Gasteiger partial charge in [-0.25, -0.2) is 4.79 Å². The van der Waals surface area contributed by atoms with Crippen molar-refractivity contribution in [3.63, 3.8) is 0 Å². The molecule has 0 bridgehead atoms. The zero-order chi connectivity index (χ0) is 22.5. The van der Waals surface area contributed by atoms with E-state index in [1.165, 1.54) is 5.56 Å². The molecule has 0 saturated heterocycles. The number of hydrogen-bond donors (Lipinski definition) is 3. The van der Waals surface area contributed by atoms with Gasteiger partial charge < -0.3 is 20.1 Å². The molecule has 0 spiro atoms. The number of aliphatic hydroxyl groups is 2. The zero-order valence-corrected chi connectivity index (χ0v) is 18.3. The van der Waals surface area contributed by atoms with E-state index in [9.17, 15) is 20.1 Å². The average molecular weight is 435 g/mol. The van der Waals surface area contributed by atoms with Gasteiger partial charge in [-0.05, 0) is 49.8 Å². The van der Waals surface area contributed by atoms with Crippen LogP contribution in [0.15, 0.2) is 54.6 Å². The molecule has 5 rings (SSSR count). The van der Waals surface area contributed by atoms with Gasteiger partial charge in [-0.15, -0.1) is 0 Å². The van der Waals surface area contributed by atoms with Crippen LogP contribution in [-0.4, -0.2) is 39.6 Å². The maximum Gasteiger partial charge on any atom is 0.336 e. The lowest BCUT2D eigenvalue weighted by Crippen LogP contribution is -2.26. The van der Waals surface area contributed by atoms with Gasteiger partial charge in [-0.3, -0.25) is 0 Å². The quantitative estimate of drug-likeness (QED) is 0.619. The molecular formula is C27H30O5. The number of carboxylic acid groups (broad SMARTS) is 1. The second-order valence-corrected chi connectivity index (χ2v) is 9.62. The third-order valence-corrected chi connectivity index (χ3v) is 7.84. The summed E-state index contributed by atoms with van der Waals surface area (Å²) in [6.07, 6.45) is 6.67. The smallest absolute Gasteiger partial charge is 0.336 e. The molecule has 0 aromatic heterocycles. The number of rotatable bonds is 5. The monoisotopic (exact) mass is 434 g/mol. The first-order chi connectivity index (χ1) is 15.4. The first kappa shape index (κ1) is 21.2.